The summed E-state index contributed by atoms with van der Waals surface area (Å²) in [5, 5.41) is 5.22. The molecule has 1 saturated carbocycles. The van der Waals surface area contributed by atoms with Gasteiger partial charge in [0.15, 0.2) is 0 Å². The molecular weight excluding hydrogens is 230 g/mol. The Hall–Kier alpha value is -0.480. The predicted molar refractivity (Wildman–Crippen MR) is 74.2 cm³/mol. The zero-order valence-corrected chi connectivity index (χ0v) is 11.5. The highest BCUT2D eigenvalue weighted by Gasteiger charge is 2.16. The maximum Gasteiger partial charge on any atom is 0.0723 e. The van der Waals surface area contributed by atoms with Crippen molar-refractivity contribution < 1.29 is 0 Å². The van der Waals surface area contributed by atoms with Crippen molar-refractivity contribution in [3.05, 3.63) is 18.0 Å². The Morgan fingerprint density at radius 2 is 2.24 bits per heavy atom. The molecule has 1 aromatic heterocycles. The monoisotopic (exact) mass is 253 g/mol. The Kier molecular flexibility index (Phi) is 4.92. The number of nitrogens with zero attached hydrogens (tertiary/aromatic N) is 2. The Balaban J connectivity index is 1.86. The van der Waals surface area contributed by atoms with E-state index < -0.39 is 0 Å². The van der Waals surface area contributed by atoms with Crippen LogP contribution in [-0.4, -0.2) is 21.6 Å². The molecule has 96 valence electrons. The summed E-state index contributed by atoms with van der Waals surface area (Å²) in [5.41, 5.74) is 6.81. The number of aromatic nitrogens is 2. The van der Waals surface area contributed by atoms with Gasteiger partial charge in [-0.2, -0.15) is 16.9 Å². The largest absolute Gasteiger partial charge is 0.329 e. The lowest BCUT2D eigenvalue weighted by Crippen LogP contribution is -2.14. The zero-order chi connectivity index (χ0) is 12.1. The molecule has 17 heavy (non-hydrogen) atoms. The Labute approximate surface area is 108 Å². The fourth-order valence-corrected chi connectivity index (χ4v) is 3.04. The molecule has 0 aliphatic heterocycles. The van der Waals surface area contributed by atoms with Crippen molar-refractivity contribution in [1.82, 2.24) is 9.78 Å². The lowest BCUT2D eigenvalue weighted by Gasteiger charge is -2.21. The molecule has 0 amide bonds. The van der Waals surface area contributed by atoms with E-state index in [-0.39, 0.29) is 0 Å². The molecule has 1 fully saturated rings. The van der Waals surface area contributed by atoms with E-state index in [9.17, 15) is 0 Å². The first-order chi connectivity index (χ1) is 8.29. The predicted octanol–water partition coefficient (Wildman–Crippen LogP) is 2.97. The first-order valence-electron chi connectivity index (χ1n) is 6.65. The van der Waals surface area contributed by atoms with Crippen molar-refractivity contribution in [2.45, 2.75) is 56.1 Å². The van der Waals surface area contributed by atoms with Crippen LogP contribution in [0.25, 0.3) is 0 Å². The molecule has 0 spiro atoms. The molecule has 1 aliphatic rings. The Morgan fingerprint density at radius 1 is 1.47 bits per heavy atom. The van der Waals surface area contributed by atoms with Crippen LogP contribution in [0.15, 0.2) is 12.3 Å². The van der Waals surface area contributed by atoms with Gasteiger partial charge in [-0.1, -0.05) is 26.2 Å². The minimum absolute atomic E-state index is 0.523. The highest BCUT2D eigenvalue weighted by molar-refractivity contribution is 7.99. The molecule has 1 heterocycles. The Bertz CT molecular complexity index is 331. The van der Waals surface area contributed by atoms with Crippen molar-refractivity contribution in [2.24, 2.45) is 5.73 Å². The summed E-state index contributed by atoms with van der Waals surface area (Å²) >= 11 is 1.89. The zero-order valence-electron chi connectivity index (χ0n) is 10.6. The van der Waals surface area contributed by atoms with Crippen molar-refractivity contribution in [3.63, 3.8) is 0 Å². The Morgan fingerprint density at radius 3 is 2.94 bits per heavy atom. The second kappa shape index (κ2) is 6.45. The van der Waals surface area contributed by atoms with Gasteiger partial charge in [0, 0.05) is 23.7 Å². The van der Waals surface area contributed by atoms with Crippen LogP contribution < -0.4 is 5.73 Å². The van der Waals surface area contributed by atoms with E-state index >= 15 is 0 Å². The van der Waals surface area contributed by atoms with E-state index in [1.807, 2.05) is 11.8 Å². The third-order valence-electron chi connectivity index (χ3n) is 3.46. The van der Waals surface area contributed by atoms with Crippen LogP contribution >= 0.6 is 11.8 Å². The van der Waals surface area contributed by atoms with Crippen LogP contribution in [-0.2, 0) is 5.75 Å². The summed E-state index contributed by atoms with van der Waals surface area (Å²) in [6.07, 6.45) is 8.87. The molecule has 1 unspecified atom stereocenters. The molecule has 2 N–H and O–H groups in total. The number of rotatable bonds is 5. The van der Waals surface area contributed by atoms with Crippen LogP contribution in [0.1, 0.15) is 50.8 Å². The molecule has 0 bridgehead atoms. The summed E-state index contributed by atoms with van der Waals surface area (Å²) in [5.74, 6) is 0.984. The van der Waals surface area contributed by atoms with Crippen LogP contribution in [0, 0.1) is 0 Å². The quantitative estimate of drug-likeness (QED) is 0.877. The van der Waals surface area contributed by atoms with Gasteiger partial charge in [0.2, 0.25) is 0 Å². The summed E-state index contributed by atoms with van der Waals surface area (Å²) < 4.78 is 2.18. The molecule has 1 aromatic rings. The fraction of sp³-hybridized carbons (Fsp3) is 0.769. The number of hydrogen-bond acceptors (Lipinski definition) is 3. The lowest BCUT2D eigenvalue weighted by atomic mass is 9.96. The average molecular weight is 253 g/mol. The SMILES string of the molecule is CC(CN)SCc1ccn(C2CCCCC2)n1. The molecule has 0 radical (unpaired) electrons. The molecule has 2 rings (SSSR count). The van der Waals surface area contributed by atoms with E-state index in [1.165, 1.54) is 37.8 Å². The third-order valence-corrected chi connectivity index (χ3v) is 4.68. The molecule has 4 heteroatoms. The number of nitrogens with two attached hydrogens (primary N) is 1. The smallest absolute Gasteiger partial charge is 0.0723 e. The van der Waals surface area contributed by atoms with Gasteiger partial charge in [0.25, 0.3) is 0 Å². The van der Waals surface area contributed by atoms with E-state index in [0.29, 0.717) is 11.3 Å². The van der Waals surface area contributed by atoms with Crippen LogP contribution in [0.5, 0.6) is 0 Å². The molecule has 1 aliphatic carbocycles. The number of hydrogen-bond donors (Lipinski definition) is 1. The maximum atomic E-state index is 5.61. The molecular formula is C13H23N3S. The van der Waals surface area contributed by atoms with Crippen molar-refractivity contribution in [1.29, 1.82) is 0 Å². The van der Waals surface area contributed by atoms with Gasteiger partial charge in [-0.25, -0.2) is 0 Å². The van der Waals surface area contributed by atoms with Gasteiger partial charge in [-0.15, -0.1) is 0 Å². The topological polar surface area (TPSA) is 43.8 Å². The second-order valence-corrected chi connectivity index (χ2v) is 6.36. The second-order valence-electron chi connectivity index (χ2n) is 4.94. The van der Waals surface area contributed by atoms with Crippen molar-refractivity contribution in [2.75, 3.05) is 6.54 Å². The van der Waals surface area contributed by atoms with E-state index in [1.54, 1.807) is 0 Å². The molecule has 3 nitrogen and oxygen atoms in total. The summed E-state index contributed by atoms with van der Waals surface area (Å²) in [6, 6.07) is 2.81. The van der Waals surface area contributed by atoms with Gasteiger partial charge in [0.05, 0.1) is 11.7 Å². The average Bonchev–Trinajstić information content (AvgIpc) is 2.86. The van der Waals surface area contributed by atoms with Crippen LogP contribution in [0.4, 0.5) is 0 Å². The highest BCUT2D eigenvalue weighted by Crippen LogP contribution is 2.27. The van der Waals surface area contributed by atoms with Crippen molar-refractivity contribution >= 4 is 11.8 Å². The van der Waals surface area contributed by atoms with Gasteiger partial charge in [-0.05, 0) is 18.9 Å². The molecule has 0 aromatic carbocycles. The van der Waals surface area contributed by atoms with Crippen LogP contribution in [0.2, 0.25) is 0 Å². The normalized spacial score (nSPS) is 19.4. The van der Waals surface area contributed by atoms with Crippen molar-refractivity contribution in [3.8, 4) is 0 Å². The van der Waals surface area contributed by atoms with Gasteiger partial charge in [0.1, 0.15) is 0 Å². The van der Waals surface area contributed by atoms with Gasteiger partial charge >= 0.3 is 0 Å². The van der Waals surface area contributed by atoms with E-state index in [2.05, 4.69) is 23.9 Å². The maximum absolute atomic E-state index is 5.61. The number of thioether (sulfide) groups is 1. The van der Waals surface area contributed by atoms with Gasteiger partial charge < -0.3 is 5.73 Å². The minimum atomic E-state index is 0.523. The summed E-state index contributed by atoms with van der Waals surface area (Å²) in [6.45, 7) is 2.91. The summed E-state index contributed by atoms with van der Waals surface area (Å²) in [7, 11) is 0. The third kappa shape index (κ3) is 3.75. The fourth-order valence-electron chi connectivity index (χ4n) is 2.30. The van der Waals surface area contributed by atoms with Crippen LogP contribution in [0.3, 0.4) is 0 Å². The summed E-state index contributed by atoms with van der Waals surface area (Å²) in [4.78, 5) is 0. The van der Waals surface area contributed by atoms with Gasteiger partial charge in [-0.3, -0.25) is 4.68 Å². The van der Waals surface area contributed by atoms with E-state index in [4.69, 9.17) is 10.8 Å². The highest BCUT2D eigenvalue weighted by atomic mass is 32.2. The van der Waals surface area contributed by atoms with E-state index in [0.717, 1.165) is 12.3 Å². The lowest BCUT2D eigenvalue weighted by molar-refractivity contribution is 0.328. The standard InChI is InChI=1S/C13H23N3S/c1-11(9-14)17-10-12-7-8-16(15-12)13-5-3-2-4-6-13/h7-8,11,13H,2-6,9-10,14H2,1H3. The molecule has 1 atom stereocenters. The molecule has 0 saturated heterocycles. The first-order valence-corrected chi connectivity index (χ1v) is 7.70. The first kappa shape index (κ1) is 13.0. The minimum Gasteiger partial charge on any atom is -0.329 e.